The predicted molar refractivity (Wildman–Crippen MR) is 98.8 cm³/mol. The maximum absolute atomic E-state index is 12.9. The van der Waals surface area contributed by atoms with E-state index in [2.05, 4.69) is 10.6 Å². The monoisotopic (exact) mass is 384 g/mol. The highest BCUT2D eigenvalue weighted by atomic mass is 32.2. The molecule has 1 aliphatic rings. The highest BCUT2D eigenvalue weighted by Crippen LogP contribution is 2.24. The SMILES string of the molecule is Cc1ccc(C(=O)NC(C)C(C)(C)CO)cc1S(=O)(=O)C1CNCCO1. The zero-order chi connectivity index (χ0) is 19.5. The van der Waals surface area contributed by atoms with Crippen molar-refractivity contribution in [3.05, 3.63) is 29.3 Å². The van der Waals surface area contributed by atoms with Crippen molar-refractivity contribution >= 4 is 15.7 Å². The van der Waals surface area contributed by atoms with E-state index in [9.17, 15) is 18.3 Å². The first-order valence-electron chi connectivity index (χ1n) is 8.68. The molecule has 1 amide bonds. The molecule has 2 atom stereocenters. The van der Waals surface area contributed by atoms with Gasteiger partial charge in [-0.2, -0.15) is 0 Å². The third-order valence-corrected chi connectivity index (χ3v) is 6.97. The van der Waals surface area contributed by atoms with Gasteiger partial charge in [-0.05, 0) is 31.5 Å². The van der Waals surface area contributed by atoms with Gasteiger partial charge in [0.25, 0.3) is 5.91 Å². The van der Waals surface area contributed by atoms with Gasteiger partial charge in [0.2, 0.25) is 9.84 Å². The van der Waals surface area contributed by atoms with Gasteiger partial charge in [0, 0.05) is 30.1 Å². The summed E-state index contributed by atoms with van der Waals surface area (Å²) in [6, 6.07) is 4.34. The fourth-order valence-corrected chi connectivity index (χ4v) is 4.25. The average molecular weight is 384 g/mol. The van der Waals surface area contributed by atoms with E-state index in [1.807, 2.05) is 20.8 Å². The van der Waals surface area contributed by atoms with Crippen molar-refractivity contribution in [1.29, 1.82) is 0 Å². The van der Waals surface area contributed by atoms with Gasteiger partial charge < -0.3 is 20.5 Å². The summed E-state index contributed by atoms with van der Waals surface area (Å²) in [5.41, 5.74) is -0.616. The van der Waals surface area contributed by atoms with E-state index in [0.29, 0.717) is 18.7 Å². The van der Waals surface area contributed by atoms with Gasteiger partial charge in [0.1, 0.15) is 0 Å². The summed E-state index contributed by atoms with van der Waals surface area (Å²) in [6.07, 6.45) is 0. The van der Waals surface area contributed by atoms with Crippen LogP contribution in [0.2, 0.25) is 0 Å². The Morgan fingerprint density at radius 2 is 2.15 bits per heavy atom. The number of aliphatic hydroxyl groups is 1. The minimum Gasteiger partial charge on any atom is -0.396 e. The molecule has 0 aromatic heterocycles. The van der Waals surface area contributed by atoms with Crippen molar-refractivity contribution in [2.45, 2.75) is 44.1 Å². The number of sulfone groups is 1. The Kier molecular flexibility index (Phi) is 6.44. The Morgan fingerprint density at radius 1 is 1.46 bits per heavy atom. The van der Waals surface area contributed by atoms with E-state index in [1.165, 1.54) is 6.07 Å². The summed E-state index contributed by atoms with van der Waals surface area (Å²) in [7, 11) is -3.71. The van der Waals surface area contributed by atoms with Gasteiger partial charge in [-0.25, -0.2) is 8.42 Å². The minimum absolute atomic E-state index is 0.0754. The van der Waals surface area contributed by atoms with Crippen molar-refractivity contribution in [2.75, 3.05) is 26.3 Å². The van der Waals surface area contributed by atoms with Crippen molar-refractivity contribution < 1.29 is 23.1 Å². The number of carbonyl (C=O) groups excluding carboxylic acids is 1. The second-order valence-corrected chi connectivity index (χ2v) is 9.43. The van der Waals surface area contributed by atoms with Crippen LogP contribution in [0.25, 0.3) is 0 Å². The smallest absolute Gasteiger partial charge is 0.251 e. The van der Waals surface area contributed by atoms with Gasteiger partial charge >= 0.3 is 0 Å². The first kappa shape index (κ1) is 20.8. The van der Waals surface area contributed by atoms with Crippen LogP contribution in [0.15, 0.2) is 23.1 Å². The molecule has 3 N–H and O–H groups in total. The lowest BCUT2D eigenvalue weighted by atomic mass is 9.86. The van der Waals surface area contributed by atoms with Crippen molar-refractivity contribution in [3.63, 3.8) is 0 Å². The molecule has 1 fully saturated rings. The molecule has 1 aromatic rings. The first-order valence-corrected chi connectivity index (χ1v) is 10.2. The van der Waals surface area contributed by atoms with E-state index in [0.717, 1.165) is 0 Å². The molecule has 0 bridgehead atoms. The van der Waals surface area contributed by atoms with E-state index < -0.39 is 20.7 Å². The maximum atomic E-state index is 12.9. The molecule has 0 aliphatic carbocycles. The summed E-state index contributed by atoms with van der Waals surface area (Å²) < 4.78 is 31.2. The quantitative estimate of drug-likeness (QED) is 0.672. The number of amides is 1. The van der Waals surface area contributed by atoms with Crippen LogP contribution in [0, 0.1) is 12.3 Å². The molecule has 1 aromatic carbocycles. The first-order chi connectivity index (χ1) is 12.1. The van der Waals surface area contributed by atoms with Crippen LogP contribution in [-0.2, 0) is 14.6 Å². The number of ether oxygens (including phenoxy) is 1. The number of hydrogen-bond donors (Lipinski definition) is 3. The molecule has 0 spiro atoms. The molecule has 146 valence electrons. The molecule has 1 heterocycles. The molecular weight excluding hydrogens is 356 g/mol. The summed E-state index contributed by atoms with van der Waals surface area (Å²) in [5, 5.41) is 15.3. The minimum atomic E-state index is -3.71. The van der Waals surface area contributed by atoms with Crippen LogP contribution in [0.5, 0.6) is 0 Å². The Labute approximate surface area is 155 Å². The van der Waals surface area contributed by atoms with E-state index >= 15 is 0 Å². The zero-order valence-corrected chi connectivity index (χ0v) is 16.5. The number of aliphatic hydroxyl groups excluding tert-OH is 1. The van der Waals surface area contributed by atoms with E-state index in [4.69, 9.17) is 4.74 Å². The summed E-state index contributed by atoms with van der Waals surface area (Å²) in [6.45, 7) is 8.29. The van der Waals surface area contributed by atoms with Crippen LogP contribution in [0.3, 0.4) is 0 Å². The molecule has 1 aliphatic heterocycles. The molecule has 7 nitrogen and oxygen atoms in total. The molecule has 2 rings (SSSR count). The Morgan fingerprint density at radius 3 is 2.73 bits per heavy atom. The van der Waals surface area contributed by atoms with Crippen LogP contribution in [0.1, 0.15) is 36.7 Å². The fraction of sp³-hybridized carbons (Fsp3) is 0.611. The Hall–Kier alpha value is -1.48. The van der Waals surface area contributed by atoms with Crippen molar-refractivity contribution in [2.24, 2.45) is 5.41 Å². The average Bonchev–Trinajstić information content (AvgIpc) is 2.62. The van der Waals surface area contributed by atoms with E-state index in [-0.39, 0.29) is 35.6 Å². The second kappa shape index (κ2) is 8.04. The number of morpholine rings is 1. The summed E-state index contributed by atoms with van der Waals surface area (Å²) >= 11 is 0. The van der Waals surface area contributed by atoms with Gasteiger partial charge in [-0.15, -0.1) is 0 Å². The van der Waals surface area contributed by atoms with Crippen molar-refractivity contribution in [1.82, 2.24) is 10.6 Å². The summed E-state index contributed by atoms with van der Waals surface area (Å²) in [4.78, 5) is 12.7. The molecular formula is C18H28N2O5S. The topological polar surface area (TPSA) is 105 Å². The number of benzene rings is 1. The van der Waals surface area contributed by atoms with Crippen molar-refractivity contribution in [3.8, 4) is 0 Å². The fourth-order valence-electron chi connectivity index (χ4n) is 2.54. The number of rotatable bonds is 6. The standard InChI is InChI=1S/C18H28N2O5S/c1-12-5-6-14(17(22)20-13(2)18(3,4)11-21)9-15(12)26(23,24)16-10-19-7-8-25-16/h5-6,9,13,16,19,21H,7-8,10-11H2,1-4H3,(H,20,22). The molecule has 1 saturated heterocycles. The maximum Gasteiger partial charge on any atom is 0.251 e. The number of hydrogen-bond acceptors (Lipinski definition) is 6. The molecule has 0 radical (unpaired) electrons. The highest BCUT2D eigenvalue weighted by Gasteiger charge is 2.32. The Balaban J connectivity index is 2.28. The largest absolute Gasteiger partial charge is 0.396 e. The lowest BCUT2D eigenvalue weighted by Gasteiger charge is -2.30. The lowest BCUT2D eigenvalue weighted by Crippen LogP contribution is -2.45. The van der Waals surface area contributed by atoms with Crippen LogP contribution in [0.4, 0.5) is 0 Å². The normalized spacial score (nSPS) is 19.8. The van der Waals surface area contributed by atoms with E-state index in [1.54, 1.807) is 19.1 Å². The summed E-state index contributed by atoms with van der Waals surface area (Å²) in [5.74, 6) is -0.377. The predicted octanol–water partition coefficient (Wildman–Crippen LogP) is 0.851. The van der Waals surface area contributed by atoms with Gasteiger partial charge in [0.05, 0.1) is 18.1 Å². The zero-order valence-electron chi connectivity index (χ0n) is 15.7. The Bertz CT molecular complexity index is 755. The van der Waals surface area contributed by atoms with Crippen LogP contribution >= 0.6 is 0 Å². The third kappa shape index (κ3) is 4.43. The van der Waals surface area contributed by atoms with Crippen LogP contribution in [-0.4, -0.2) is 57.2 Å². The van der Waals surface area contributed by atoms with Gasteiger partial charge in [-0.1, -0.05) is 19.9 Å². The van der Waals surface area contributed by atoms with Crippen LogP contribution < -0.4 is 10.6 Å². The van der Waals surface area contributed by atoms with Gasteiger partial charge in [0.15, 0.2) is 5.44 Å². The second-order valence-electron chi connectivity index (χ2n) is 7.37. The lowest BCUT2D eigenvalue weighted by molar-refractivity contribution is 0.0784. The molecule has 8 heteroatoms. The highest BCUT2D eigenvalue weighted by molar-refractivity contribution is 7.92. The molecule has 26 heavy (non-hydrogen) atoms. The number of nitrogens with one attached hydrogen (secondary N) is 2. The number of carbonyl (C=O) groups is 1. The number of aryl methyl sites for hydroxylation is 1. The third-order valence-electron chi connectivity index (χ3n) is 4.92. The molecule has 2 unspecified atom stereocenters. The molecule has 0 saturated carbocycles. The van der Waals surface area contributed by atoms with Gasteiger partial charge in [-0.3, -0.25) is 4.79 Å².